The average Bonchev–Trinajstić information content (AvgIpc) is 3.19. The molecule has 11 nitrogen and oxygen atoms in total. The summed E-state index contributed by atoms with van der Waals surface area (Å²) in [5.74, 6) is -0.00533. The van der Waals surface area contributed by atoms with Gasteiger partial charge in [-0.1, -0.05) is 26.0 Å². The number of carboxylic acids is 1. The molecule has 1 aliphatic carbocycles. The van der Waals surface area contributed by atoms with Crippen molar-refractivity contribution in [2.45, 2.75) is 71.4 Å². The van der Waals surface area contributed by atoms with Crippen LogP contribution in [0.15, 0.2) is 18.3 Å². The maximum atomic E-state index is 11.4. The number of rotatable bonds is 7. The zero-order valence-corrected chi connectivity index (χ0v) is 20.8. The molecule has 1 aliphatic rings. The lowest BCUT2D eigenvalue weighted by Gasteiger charge is -2.27. The predicted molar refractivity (Wildman–Crippen MR) is 129 cm³/mol. The molecule has 3 aromatic heterocycles. The Labute approximate surface area is 204 Å². The van der Waals surface area contributed by atoms with Crippen molar-refractivity contribution in [1.82, 2.24) is 35.2 Å². The van der Waals surface area contributed by atoms with Crippen LogP contribution in [0.5, 0.6) is 5.75 Å². The SMILES string of the molecule is Cc1nc(-c2nnn(C)c2CNc2nncc(C(C)(C)C)n2)ccc1O[C@H]1CCC[C@H](C(=O)O)C1. The summed E-state index contributed by atoms with van der Waals surface area (Å²) in [5.41, 5.74) is 3.58. The summed E-state index contributed by atoms with van der Waals surface area (Å²) in [6.45, 7) is 8.49. The van der Waals surface area contributed by atoms with E-state index in [4.69, 9.17) is 9.72 Å². The maximum absolute atomic E-state index is 11.4. The van der Waals surface area contributed by atoms with E-state index >= 15 is 0 Å². The van der Waals surface area contributed by atoms with Crippen molar-refractivity contribution in [3.8, 4) is 17.1 Å². The van der Waals surface area contributed by atoms with Crippen LogP contribution in [-0.2, 0) is 23.8 Å². The van der Waals surface area contributed by atoms with Crippen LogP contribution in [0.4, 0.5) is 5.95 Å². The third-order valence-electron chi connectivity index (χ3n) is 6.23. The molecule has 0 spiro atoms. The van der Waals surface area contributed by atoms with Crippen LogP contribution in [0.25, 0.3) is 11.4 Å². The van der Waals surface area contributed by atoms with Crippen LogP contribution >= 0.6 is 0 Å². The van der Waals surface area contributed by atoms with Gasteiger partial charge in [0, 0.05) is 12.5 Å². The number of carbonyl (C=O) groups is 1. The number of carboxylic acid groups (broad SMARTS) is 1. The number of hydrogen-bond donors (Lipinski definition) is 2. The number of ether oxygens (including phenoxy) is 1. The first kappa shape index (κ1) is 24.5. The lowest BCUT2D eigenvalue weighted by Crippen LogP contribution is -2.29. The van der Waals surface area contributed by atoms with Crippen LogP contribution in [0, 0.1) is 12.8 Å². The van der Waals surface area contributed by atoms with Crippen molar-refractivity contribution in [2.75, 3.05) is 5.32 Å². The van der Waals surface area contributed by atoms with Gasteiger partial charge in [0.05, 0.1) is 47.5 Å². The van der Waals surface area contributed by atoms with Gasteiger partial charge in [0.1, 0.15) is 11.4 Å². The lowest BCUT2D eigenvalue weighted by atomic mass is 9.87. The van der Waals surface area contributed by atoms with E-state index in [1.165, 1.54) is 0 Å². The van der Waals surface area contributed by atoms with E-state index in [9.17, 15) is 9.90 Å². The maximum Gasteiger partial charge on any atom is 0.306 e. The van der Waals surface area contributed by atoms with Crippen molar-refractivity contribution in [3.05, 3.63) is 35.4 Å². The number of anilines is 1. The third kappa shape index (κ3) is 5.72. The number of pyridine rings is 1. The van der Waals surface area contributed by atoms with Crippen LogP contribution in [-0.4, -0.2) is 52.3 Å². The van der Waals surface area contributed by atoms with E-state index in [2.05, 4.69) is 51.6 Å². The molecule has 0 unspecified atom stereocenters. The molecule has 0 aromatic carbocycles. The van der Waals surface area contributed by atoms with E-state index in [-0.39, 0.29) is 17.4 Å². The average molecular weight is 481 g/mol. The largest absolute Gasteiger partial charge is 0.489 e. The molecule has 35 heavy (non-hydrogen) atoms. The summed E-state index contributed by atoms with van der Waals surface area (Å²) in [7, 11) is 1.82. The Balaban J connectivity index is 1.49. The molecule has 3 heterocycles. The number of nitrogens with zero attached hydrogens (tertiary/aromatic N) is 7. The molecule has 4 rings (SSSR count). The summed E-state index contributed by atoms with van der Waals surface area (Å²) in [6, 6.07) is 3.72. The van der Waals surface area contributed by atoms with Gasteiger partial charge >= 0.3 is 5.97 Å². The van der Waals surface area contributed by atoms with E-state index in [1.807, 2.05) is 26.1 Å². The zero-order chi connectivity index (χ0) is 25.2. The first-order valence-corrected chi connectivity index (χ1v) is 11.8. The minimum absolute atomic E-state index is 0.120. The number of aryl methyl sites for hydroxylation is 2. The molecule has 186 valence electrons. The quantitative estimate of drug-likeness (QED) is 0.517. The number of aliphatic carboxylic acids is 1. The lowest BCUT2D eigenvalue weighted by molar-refractivity contribution is -0.143. The summed E-state index contributed by atoms with van der Waals surface area (Å²) in [5, 5.41) is 29.2. The van der Waals surface area contributed by atoms with Gasteiger partial charge in [0.15, 0.2) is 0 Å². The van der Waals surface area contributed by atoms with Crippen molar-refractivity contribution >= 4 is 11.9 Å². The van der Waals surface area contributed by atoms with E-state index in [1.54, 1.807) is 10.9 Å². The minimum atomic E-state index is -0.751. The normalized spacial score (nSPS) is 18.3. The number of hydrogen-bond acceptors (Lipinski definition) is 9. The number of nitrogens with one attached hydrogen (secondary N) is 1. The van der Waals surface area contributed by atoms with Crippen molar-refractivity contribution in [3.63, 3.8) is 0 Å². The molecule has 0 radical (unpaired) electrons. The number of aromatic nitrogens is 7. The van der Waals surface area contributed by atoms with E-state index in [0.717, 1.165) is 29.9 Å². The Morgan fingerprint density at radius 2 is 2.03 bits per heavy atom. The summed E-state index contributed by atoms with van der Waals surface area (Å²) in [4.78, 5) is 20.6. The van der Waals surface area contributed by atoms with Gasteiger partial charge < -0.3 is 15.2 Å². The smallest absolute Gasteiger partial charge is 0.306 e. The molecule has 1 fully saturated rings. The molecule has 0 amide bonds. The first-order valence-electron chi connectivity index (χ1n) is 11.8. The highest BCUT2D eigenvalue weighted by molar-refractivity contribution is 5.70. The van der Waals surface area contributed by atoms with Gasteiger partial charge in [-0.15, -0.1) is 10.2 Å². The zero-order valence-electron chi connectivity index (χ0n) is 20.8. The molecule has 1 saturated carbocycles. The summed E-state index contributed by atoms with van der Waals surface area (Å²) < 4.78 is 7.83. The Bertz CT molecular complexity index is 1200. The van der Waals surface area contributed by atoms with Crippen LogP contribution in [0.1, 0.15) is 63.5 Å². The highest BCUT2D eigenvalue weighted by atomic mass is 16.5. The molecule has 0 bridgehead atoms. The van der Waals surface area contributed by atoms with Crippen molar-refractivity contribution < 1.29 is 14.6 Å². The molecule has 2 N–H and O–H groups in total. The van der Waals surface area contributed by atoms with Gasteiger partial charge in [-0.05, 0) is 44.7 Å². The molecule has 3 aromatic rings. The minimum Gasteiger partial charge on any atom is -0.489 e. The molecule has 0 aliphatic heterocycles. The second-order valence-electron chi connectivity index (χ2n) is 10.00. The van der Waals surface area contributed by atoms with Gasteiger partial charge in [-0.3, -0.25) is 4.79 Å². The fourth-order valence-corrected chi connectivity index (χ4v) is 4.14. The third-order valence-corrected chi connectivity index (χ3v) is 6.23. The fraction of sp³-hybridized carbons (Fsp3) is 0.542. The van der Waals surface area contributed by atoms with Crippen LogP contribution in [0.3, 0.4) is 0 Å². The molecule has 2 atom stereocenters. The van der Waals surface area contributed by atoms with Crippen molar-refractivity contribution in [2.24, 2.45) is 13.0 Å². The molecular weight excluding hydrogens is 448 g/mol. The Morgan fingerprint density at radius 3 is 2.74 bits per heavy atom. The summed E-state index contributed by atoms with van der Waals surface area (Å²) >= 11 is 0. The van der Waals surface area contributed by atoms with Gasteiger partial charge in [0.25, 0.3) is 0 Å². The standard InChI is InChI=1S/C24H32N8O3/c1-14-19(35-16-8-6-7-15(11-16)22(33)34)10-9-17(27-14)21-18(32(5)31-29-21)12-25-23-28-20(13-26-30-23)24(2,3)4/h9-10,13,15-16H,6-8,11-12H2,1-5H3,(H,33,34)(H,25,28,30)/t15-,16-/m0/s1. The van der Waals surface area contributed by atoms with Gasteiger partial charge in [0.2, 0.25) is 5.95 Å². The molecular formula is C24H32N8O3. The van der Waals surface area contributed by atoms with E-state index < -0.39 is 5.97 Å². The monoisotopic (exact) mass is 480 g/mol. The Hall–Kier alpha value is -3.63. The van der Waals surface area contributed by atoms with Crippen molar-refractivity contribution in [1.29, 1.82) is 0 Å². The van der Waals surface area contributed by atoms with Gasteiger partial charge in [-0.2, -0.15) is 5.10 Å². The van der Waals surface area contributed by atoms with E-state index in [0.29, 0.717) is 42.5 Å². The highest BCUT2D eigenvalue weighted by Crippen LogP contribution is 2.30. The molecule has 11 heteroatoms. The second kappa shape index (κ2) is 9.93. The summed E-state index contributed by atoms with van der Waals surface area (Å²) in [6.07, 6.45) is 4.47. The Kier molecular flexibility index (Phi) is 6.95. The Morgan fingerprint density at radius 1 is 1.23 bits per heavy atom. The van der Waals surface area contributed by atoms with Crippen LogP contribution < -0.4 is 10.1 Å². The fourth-order valence-electron chi connectivity index (χ4n) is 4.14. The predicted octanol–water partition coefficient (Wildman–Crippen LogP) is 3.30. The topological polar surface area (TPSA) is 141 Å². The first-order chi connectivity index (χ1) is 16.6. The van der Waals surface area contributed by atoms with Gasteiger partial charge in [-0.25, -0.2) is 14.6 Å². The highest BCUT2D eigenvalue weighted by Gasteiger charge is 2.28. The second-order valence-corrected chi connectivity index (χ2v) is 10.00. The van der Waals surface area contributed by atoms with Crippen LogP contribution in [0.2, 0.25) is 0 Å². The molecule has 0 saturated heterocycles.